The summed E-state index contributed by atoms with van der Waals surface area (Å²) in [5.74, 6) is -0.202. The maximum atomic E-state index is 12.8. The predicted molar refractivity (Wildman–Crippen MR) is 132 cm³/mol. The van der Waals surface area contributed by atoms with Crippen LogP contribution in [0, 0.1) is 11.3 Å². The first-order valence-electron chi connectivity index (χ1n) is 10.8. The van der Waals surface area contributed by atoms with Crippen LogP contribution in [0.15, 0.2) is 34.2 Å². The summed E-state index contributed by atoms with van der Waals surface area (Å²) in [5, 5.41) is 3.84. The molecule has 33 heavy (non-hydrogen) atoms. The monoisotopic (exact) mass is 485 g/mol. The molecule has 0 bridgehead atoms. The largest absolute Gasteiger partial charge is 0.465 e. The van der Waals surface area contributed by atoms with E-state index in [1.54, 1.807) is 35.6 Å². The molecule has 2 heterocycles. The number of aryl methyl sites for hydroxylation is 1. The lowest BCUT2D eigenvalue weighted by Gasteiger charge is -2.33. The Balaban J connectivity index is 1.49. The van der Waals surface area contributed by atoms with Crippen molar-refractivity contribution in [2.45, 2.75) is 45.2 Å². The van der Waals surface area contributed by atoms with Crippen molar-refractivity contribution in [3.8, 4) is 0 Å². The highest BCUT2D eigenvalue weighted by Crippen LogP contribution is 2.42. The van der Waals surface area contributed by atoms with Crippen LogP contribution in [0.1, 0.15) is 48.0 Å². The molecule has 1 unspecified atom stereocenters. The molecule has 1 amide bonds. The van der Waals surface area contributed by atoms with Crippen molar-refractivity contribution >= 4 is 50.9 Å². The number of nitrogens with one attached hydrogen (secondary N) is 2. The maximum Gasteiger partial charge on any atom is 0.339 e. The number of aromatic amines is 1. The number of hydrogen-bond donors (Lipinski definition) is 2. The van der Waals surface area contributed by atoms with Crippen LogP contribution in [0.2, 0.25) is 0 Å². The fourth-order valence-electron chi connectivity index (χ4n) is 4.17. The second-order valence-electron chi connectivity index (χ2n) is 9.23. The number of methoxy groups -OCH3 is 1. The van der Waals surface area contributed by atoms with E-state index in [-0.39, 0.29) is 28.2 Å². The number of hydrogen-bond acceptors (Lipinski definition) is 7. The number of thiophene rings is 1. The van der Waals surface area contributed by atoms with Crippen LogP contribution in [-0.2, 0) is 22.4 Å². The number of esters is 1. The third-order valence-electron chi connectivity index (χ3n) is 6.07. The van der Waals surface area contributed by atoms with Gasteiger partial charge in [-0.25, -0.2) is 9.78 Å². The van der Waals surface area contributed by atoms with E-state index in [4.69, 9.17) is 4.74 Å². The van der Waals surface area contributed by atoms with Gasteiger partial charge in [-0.2, -0.15) is 0 Å². The Bertz CT molecular complexity index is 1270. The van der Waals surface area contributed by atoms with Gasteiger partial charge >= 0.3 is 5.97 Å². The first-order chi connectivity index (χ1) is 15.7. The van der Waals surface area contributed by atoms with Crippen LogP contribution in [-0.4, -0.2) is 34.7 Å². The number of thioether (sulfide) groups is 1. The molecule has 1 atom stereocenters. The average Bonchev–Trinajstić information content (AvgIpc) is 3.15. The van der Waals surface area contributed by atoms with E-state index in [1.807, 2.05) is 0 Å². The van der Waals surface area contributed by atoms with E-state index >= 15 is 0 Å². The molecule has 3 aromatic rings. The van der Waals surface area contributed by atoms with Crippen molar-refractivity contribution in [3.05, 3.63) is 50.6 Å². The second-order valence-corrected chi connectivity index (χ2v) is 11.3. The summed E-state index contributed by atoms with van der Waals surface area (Å²) in [6, 6.07) is 6.65. The fourth-order valence-corrected chi connectivity index (χ4v) is 6.19. The van der Waals surface area contributed by atoms with Crippen LogP contribution in [0.4, 0.5) is 5.69 Å². The molecule has 174 valence electrons. The number of aromatic nitrogens is 2. The van der Waals surface area contributed by atoms with E-state index in [1.165, 1.54) is 12.0 Å². The van der Waals surface area contributed by atoms with Gasteiger partial charge in [0.1, 0.15) is 4.83 Å². The molecule has 0 saturated carbocycles. The van der Waals surface area contributed by atoms with Crippen LogP contribution in [0.5, 0.6) is 0 Å². The Morgan fingerprint density at radius 1 is 1.30 bits per heavy atom. The summed E-state index contributed by atoms with van der Waals surface area (Å²) in [4.78, 5) is 46.7. The quantitative estimate of drug-likeness (QED) is 0.310. The van der Waals surface area contributed by atoms with Gasteiger partial charge in [0.15, 0.2) is 5.16 Å². The fraction of sp³-hybridized carbons (Fsp3) is 0.417. The average molecular weight is 486 g/mol. The highest BCUT2D eigenvalue weighted by molar-refractivity contribution is 7.99. The number of carbonyl (C=O) groups is 2. The van der Waals surface area contributed by atoms with Gasteiger partial charge in [0.05, 0.1) is 29.5 Å². The zero-order valence-electron chi connectivity index (χ0n) is 19.1. The minimum Gasteiger partial charge on any atom is -0.465 e. The number of nitrogens with zero attached hydrogens (tertiary/aromatic N) is 1. The molecule has 0 spiro atoms. The van der Waals surface area contributed by atoms with Gasteiger partial charge in [-0.3, -0.25) is 9.59 Å². The second kappa shape index (κ2) is 9.30. The van der Waals surface area contributed by atoms with E-state index in [0.29, 0.717) is 22.1 Å². The number of carbonyl (C=O) groups excluding carboxylic acids is 2. The predicted octanol–water partition coefficient (Wildman–Crippen LogP) is 4.65. The highest BCUT2D eigenvalue weighted by Gasteiger charge is 2.31. The zero-order valence-corrected chi connectivity index (χ0v) is 20.7. The van der Waals surface area contributed by atoms with Gasteiger partial charge < -0.3 is 15.0 Å². The van der Waals surface area contributed by atoms with Gasteiger partial charge in [-0.15, -0.1) is 11.3 Å². The summed E-state index contributed by atoms with van der Waals surface area (Å²) in [7, 11) is 1.29. The topological polar surface area (TPSA) is 101 Å². The zero-order chi connectivity index (χ0) is 23.8. The van der Waals surface area contributed by atoms with Crippen molar-refractivity contribution in [1.29, 1.82) is 0 Å². The molecule has 0 radical (unpaired) electrons. The number of para-hydroxylation sites is 1. The lowest BCUT2D eigenvalue weighted by molar-refractivity contribution is -0.113. The molecule has 7 nitrogen and oxygen atoms in total. The van der Waals surface area contributed by atoms with Crippen molar-refractivity contribution in [3.63, 3.8) is 0 Å². The lowest BCUT2D eigenvalue weighted by Crippen LogP contribution is -2.26. The van der Waals surface area contributed by atoms with Crippen molar-refractivity contribution in [2.24, 2.45) is 11.3 Å². The van der Waals surface area contributed by atoms with E-state index < -0.39 is 5.97 Å². The van der Waals surface area contributed by atoms with E-state index in [9.17, 15) is 14.4 Å². The Kier molecular flexibility index (Phi) is 6.63. The highest BCUT2D eigenvalue weighted by atomic mass is 32.2. The third-order valence-corrected chi connectivity index (χ3v) is 8.09. The molecule has 1 aliphatic rings. The standard InChI is InChI=1S/C24H27N3O4S2/c1-24(2,3)13-9-10-15-17(11-13)33-21-19(15)20(29)26-23(27-21)32-12-18(28)25-16-8-6-5-7-14(16)22(30)31-4/h5-8,13H,9-12H2,1-4H3,(H,25,28)(H,26,27,29). The summed E-state index contributed by atoms with van der Waals surface area (Å²) < 4.78 is 4.76. The molecular formula is C24H27N3O4S2. The first kappa shape index (κ1) is 23.5. The van der Waals surface area contributed by atoms with Crippen LogP contribution in [0.25, 0.3) is 10.2 Å². The van der Waals surface area contributed by atoms with Crippen LogP contribution in [0.3, 0.4) is 0 Å². The Morgan fingerprint density at radius 2 is 2.06 bits per heavy atom. The lowest BCUT2D eigenvalue weighted by atomic mass is 9.72. The normalized spacial score (nSPS) is 15.8. The summed E-state index contributed by atoms with van der Waals surface area (Å²) >= 11 is 2.76. The molecule has 1 aliphatic carbocycles. The number of fused-ring (bicyclic) bond motifs is 3. The minimum absolute atomic E-state index is 0.0428. The van der Waals surface area contributed by atoms with Crippen LogP contribution >= 0.6 is 23.1 Å². The van der Waals surface area contributed by atoms with Crippen molar-refractivity contribution < 1.29 is 14.3 Å². The van der Waals surface area contributed by atoms with Gasteiger partial charge in [0, 0.05) is 4.88 Å². The SMILES string of the molecule is COC(=O)c1ccccc1NC(=O)CSc1nc2sc3c(c2c(=O)[nH]1)CCC(C(C)(C)C)C3. The molecule has 0 fully saturated rings. The number of amides is 1. The smallest absolute Gasteiger partial charge is 0.339 e. The minimum atomic E-state index is -0.523. The molecule has 4 rings (SSSR count). The maximum absolute atomic E-state index is 12.8. The summed E-state index contributed by atoms with van der Waals surface area (Å²) in [6.07, 6.45) is 2.95. The molecule has 2 aromatic heterocycles. The summed E-state index contributed by atoms with van der Waals surface area (Å²) in [6.45, 7) is 6.80. The Morgan fingerprint density at radius 3 is 2.79 bits per heavy atom. The van der Waals surface area contributed by atoms with Crippen molar-refractivity contribution in [1.82, 2.24) is 9.97 Å². The summed E-state index contributed by atoms with van der Waals surface area (Å²) in [5.41, 5.74) is 1.88. The number of rotatable bonds is 5. The van der Waals surface area contributed by atoms with Gasteiger partial charge in [0.25, 0.3) is 5.56 Å². The van der Waals surface area contributed by atoms with E-state index in [0.717, 1.165) is 41.4 Å². The van der Waals surface area contributed by atoms with Gasteiger partial charge in [-0.1, -0.05) is 44.7 Å². The number of ether oxygens (including phenoxy) is 1. The molecule has 0 saturated heterocycles. The molecule has 0 aliphatic heterocycles. The molecule has 2 N–H and O–H groups in total. The van der Waals surface area contributed by atoms with E-state index in [2.05, 4.69) is 36.1 Å². The Labute approximate surface area is 200 Å². The molecule has 1 aromatic carbocycles. The molecular weight excluding hydrogens is 458 g/mol. The van der Waals surface area contributed by atoms with Crippen LogP contribution < -0.4 is 10.9 Å². The third kappa shape index (κ3) is 4.99. The number of anilines is 1. The number of benzene rings is 1. The first-order valence-corrected chi connectivity index (χ1v) is 12.6. The van der Waals surface area contributed by atoms with Gasteiger partial charge in [-0.05, 0) is 48.3 Å². The van der Waals surface area contributed by atoms with Crippen molar-refractivity contribution in [2.75, 3.05) is 18.2 Å². The van der Waals surface area contributed by atoms with Gasteiger partial charge in [0.2, 0.25) is 5.91 Å². The Hall–Kier alpha value is -2.65. The number of H-pyrrole nitrogens is 1. The molecule has 9 heteroatoms.